The minimum absolute atomic E-state index is 0.215. The fraction of sp³-hybridized carbons (Fsp3) is 0.350. The highest BCUT2D eigenvalue weighted by Gasteiger charge is 2.16. The summed E-state index contributed by atoms with van der Waals surface area (Å²) in [7, 11) is 1.60. The van der Waals surface area contributed by atoms with Gasteiger partial charge in [-0.25, -0.2) is 0 Å². The van der Waals surface area contributed by atoms with Crippen LogP contribution in [0.3, 0.4) is 0 Å². The van der Waals surface area contributed by atoms with E-state index in [9.17, 15) is 4.79 Å². The molecule has 0 fully saturated rings. The number of esters is 1. The lowest BCUT2D eigenvalue weighted by Gasteiger charge is -2.12. The molecule has 154 valence electrons. The third-order valence-corrected chi connectivity index (χ3v) is 4.92. The Hall–Kier alpha value is -2.94. The van der Waals surface area contributed by atoms with E-state index in [1.165, 1.54) is 11.8 Å². The second-order valence-electron chi connectivity index (χ2n) is 5.91. The van der Waals surface area contributed by atoms with Crippen molar-refractivity contribution in [1.29, 1.82) is 0 Å². The molecule has 0 unspecified atom stereocenters. The average Bonchev–Trinajstić information content (AvgIpc) is 3.38. The highest BCUT2D eigenvalue weighted by molar-refractivity contribution is 7.99. The molecule has 0 aliphatic heterocycles. The van der Waals surface area contributed by atoms with E-state index in [1.807, 2.05) is 41.0 Å². The van der Waals surface area contributed by atoms with E-state index in [-0.39, 0.29) is 12.6 Å². The molecule has 9 heteroatoms. The van der Waals surface area contributed by atoms with Gasteiger partial charge in [0.05, 0.1) is 32.9 Å². The Morgan fingerprint density at radius 2 is 2.00 bits per heavy atom. The minimum atomic E-state index is -0.225. The Bertz CT molecular complexity index is 911. The van der Waals surface area contributed by atoms with Gasteiger partial charge < -0.3 is 18.6 Å². The molecule has 0 atom stereocenters. The lowest BCUT2D eigenvalue weighted by molar-refractivity contribution is -0.142. The van der Waals surface area contributed by atoms with Crippen LogP contribution in [0.2, 0.25) is 0 Å². The van der Waals surface area contributed by atoms with Crippen molar-refractivity contribution in [3.05, 3.63) is 54.2 Å². The summed E-state index contributed by atoms with van der Waals surface area (Å²) < 4.78 is 23.6. The molecule has 1 aromatic carbocycles. The Balaban J connectivity index is 1.71. The topological polar surface area (TPSA) is 88.6 Å². The van der Waals surface area contributed by atoms with Gasteiger partial charge >= 0.3 is 5.97 Å². The van der Waals surface area contributed by atoms with Gasteiger partial charge in [0.15, 0.2) is 22.5 Å². The number of rotatable bonds is 11. The van der Waals surface area contributed by atoms with Crippen molar-refractivity contribution in [3.8, 4) is 11.5 Å². The van der Waals surface area contributed by atoms with E-state index < -0.39 is 0 Å². The molecule has 0 saturated heterocycles. The number of furan rings is 1. The third-order valence-electron chi connectivity index (χ3n) is 3.96. The van der Waals surface area contributed by atoms with Gasteiger partial charge in [0.25, 0.3) is 0 Å². The number of aromatic nitrogens is 3. The molecule has 3 aromatic rings. The molecule has 0 aliphatic rings. The summed E-state index contributed by atoms with van der Waals surface area (Å²) in [5.41, 5.74) is 0. The van der Waals surface area contributed by atoms with Crippen LogP contribution in [-0.2, 0) is 22.7 Å². The molecule has 8 nitrogen and oxygen atoms in total. The summed E-state index contributed by atoms with van der Waals surface area (Å²) in [5.74, 6) is 3.01. The number of carbonyl (C=O) groups excluding carboxylic acids is 1. The lowest BCUT2D eigenvalue weighted by Crippen LogP contribution is -2.10. The van der Waals surface area contributed by atoms with Crippen LogP contribution in [0, 0.1) is 0 Å². The van der Waals surface area contributed by atoms with Crippen LogP contribution < -0.4 is 9.47 Å². The average molecular weight is 417 g/mol. The lowest BCUT2D eigenvalue weighted by atomic mass is 10.3. The Morgan fingerprint density at radius 3 is 2.72 bits per heavy atom. The molecule has 0 radical (unpaired) electrons. The third kappa shape index (κ3) is 5.77. The van der Waals surface area contributed by atoms with Gasteiger partial charge in [0, 0.05) is 5.75 Å². The first kappa shape index (κ1) is 20.8. The number of para-hydroxylation sites is 2. The maximum atomic E-state index is 11.6. The predicted octanol–water partition coefficient (Wildman–Crippen LogP) is 3.55. The van der Waals surface area contributed by atoms with Gasteiger partial charge in [0.1, 0.15) is 12.4 Å². The Labute approximate surface area is 173 Å². The summed E-state index contributed by atoms with van der Waals surface area (Å²) in [4.78, 5) is 11.6. The van der Waals surface area contributed by atoms with Crippen molar-refractivity contribution >= 4 is 17.7 Å². The van der Waals surface area contributed by atoms with Crippen molar-refractivity contribution in [1.82, 2.24) is 14.8 Å². The maximum Gasteiger partial charge on any atom is 0.306 e. The second-order valence-corrected chi connectivity index (χ2v) is 6.97. The molecule has 0 aliphatic carbocycles. The number of hydrogen-bond donors (Lipinski definition) is 0. The molecule has 3 rings (SSSR count). The zero-order valence-corrected chi connectivity index (χ0v) is 17.2. The zero-order valence-electron chi connectivity index (χ0n) is 16.4. The molecular weight excluding hydrogens is 394 g/mol. The van der Waals surface area contributed by atoms with Crippen LogP contribution in [0.15, 0.2) is 52.2 Å². The highest BCUT2D eigenvalue weighted by atomic mass is 32.2. The summed E-state index contributed by atoms with van der Waals surface area (Å²) in [5, 5.41) is 9.22. The van der Waals surface area contributed by atoms with E-state index in [2.05, 4.69) is 10.2 Å². The summed E-state index contributed by atoms with van der Waals surface area (Å²) in [6.07, 6.45) is 1.93. The summed E-state index contributed by atoms with van der Waals surface area (Å²) in [6.45, 7) is 2.85. The van der Waals surface area contributed by atoms with Gasteiger partial charge in [0.2, 0.25) is 0 Å². The number of methoxy groups -OCH3 is 1. The van der Waals surface area contributed by atoms with Gasteiger partial charge in [-0.3, -0.25) is 9.36 Å². The molecule has 0 amide bonds. The fourth-order valence-corrected chi connectivity index (χ4v) is 3.46. The van der Waals surface area contributed by atoms with Crippen molar-refractivity contribution in [2.75, 3.05) is 19.5 Å². The first-order chi connectivity index (χ1) is 14.2. The van der Waals surface area contributed by atoms with Crippen molar-refractivity contribution in [2.24, 2.45) is 0 Å². The molecule has 0 bridgehead atoms. The smallest absolute Gasteiger partial charge is 0.306 e. The van der Waals surface area contributed by atoms with Crippen molar-refractivity contribution in [2.45, 2.75) is 31.7 Å². The summed E-state index contributed by atoms with van der Waals surface area (Å²) >= 11 is 1.44. The van der Waals surface area contributed by atoms with Crippen LogP contribution in [0.4, 0.5) is 0 Å². The minimum Gasteiger partial charge on any atom is -0.493 e. The van der Waals surface area contributed by atoms with E-state index in [0.29, 0.717) is 47.8 Å². The maximum absolute atomic E-state index is 11.6. The molecule has 0 N–H and O–H groups in total. The molecule has 2 heterocycles. The number of benzene rings is 1. The van der Waals surface area contributed by atoms with Crippen LogP contribution in [0.1, 0.15) is 24.9 Å². The van der Waals surface area contributed by atoms with Crippen LogP contribution >= 0.6 is 11.8 Å². The van der Waals surface area contributed by atoms with Gasteiger partial charge in [-0.2, -0.15) is 0 Å². The Kier molecular flexibility index (Phi) is 7.57. The number of nitrogens with zero attached hydrogens (tertiary/aromatic N) is 3. The van der Waals surface area contributed by atoms with Gasteiger partial charge in [-0.05, 0) is 31.2 Å². The predicted molar refractivity (Wildman–Crippen MR) is 107 cm³/mol. The van der Waals surface area contributed by atoms with E-state index >= 15 is 0 Å². The highest BCUT2D eigenvalue weighted by Crippen LogP contribution is 2.27. The van der Waals surface area contributed by atoms with Crippen LogP contribution in [0.5, 0.6) is 11.5 Å². The van der Waals surface area contributed by atoms with E-state index in [0.717, 1.165) is 5.76 Å². The fourth-order valence-electron chi connectivity index (χ4n) is 2.59. The second kappa shape index (κ2) is 10.6. The number of thioether (sulfide) groups is 1. The SMILES string of the molecule is CCOC(=O)CCSc1nnc(COc2ccccc2OC)n1Cc1ccco1. The molecule has 0 spiro atoms. The van der Waals surface area contributed by atoms with Gasteiger partial charge in [-0.1, -0.05) is 23.9 Å². The molecular formula is C20H23N3O5S. The number of ether oxygens (including phenoxy) is 3. The number of hydrogen-bond acceptors (Lipinski definition) is 8. The van der Waals surface area contributed by atoms with Crippen molar-refractivity contribution < 1.29 is 23.4 Å². The zero-order chi connectivity index (χ0) is 20.5. The monoisotopic (exact) mass is 417 g/mol. The van der Waals surface area contributed by atoms with Crippen LogP contribution in [0.25, 0.3) is 0 Å². The van der Waals surface area contributed by atoms with Crippen LogP contribution in [-0.4, -0.2) is 40.2 Å². The van der Waals surface area contributed by atoms with Crippen molar-refractivity contribution in [3.63, 3.8) is 0 Å². The molecule has 29 heavy (non-hydrogen) atoms. The quantitative estimate of drug-likeness (QED) is 0.346. The molecule has 0 saturated carbocycles. The molecule has 2 aromatic heterocycles. The Morgan fingerprint density at radius 1 is 1.17 bits per heavy atom. The standard InChI is InChI=1S/C20H23N3O5S/c1-3-26-19(24)10-12-29-20-22-21-18(23(20)13-15-7-6-11-27-15)14-28-17-9-5-4-8-16(17)25-2/h4-9,11H,3,10,12-14H2,1-2H3. The first-order valence-electron chi connectivity index (χ1n) is 9.20. The first-order valence-corrected chi connectivity index (χ1v) is 10.2. The van der Waals surface area contributed by atoms with Gasteiger partial charge in [-0.15, -0.1) is 10.2 Å². The van der Waals surface area contributed by atoms with E-state index in [4.69, 9.17) is 18.6 Å². The normalized spacial score (nSPS) is 10.7. The summed E-state index contributed by atoms with van der Waals surface area (Å²) in [6, 6.07) is 11.1. The number of carbonyl (C=O) groups is 1. The van der Waals surface area contributed by atoms with E-state index in [1.54, 1.807) is 20.3 Å². The largest absolute Gasteiger partial charge is 0.493 e.